The first-order chi connectivity index (χ1) is 14.5. The van der Waals surface area contributed by atoms with Gasteiger partial charge in [0.05, 0.1) is 23.3 Å². The van der Waals surface area contributed by atoms with E-state index in [2.05, 4.69) is 10.3 Å². The summed E-state index contributed by atoms with van der Waals surface area (Å²) in [6.07, 6.45) is 8.86. The molecule has 0 atom stereocenters. The number of aromatic nitrogens is 2. The molecule has 0 aliphatic carbocycles. The topological polar surface area (TPSA) is 93.0 Å². The Hall–Kier alpha value is -2.91. The van der Waals surface area contributed by atoms with Gasteiger partial charge in [0.15, 0.2) is 0 Å². The molecule has 3 heterocycles. The van der Waals surface area contributed by atoms with Gasteiger partial charge < -0.3 is 14.5 Å². The van der Waals surface area contributed by atoms with Gasteiger partial charge in [-0.2, -0.15) is 4.31 Å². The third-order valence-corrected chi connectivity index (χ3v) is 7.17. The largest absolute Gasteiger partial charge is 0.495 e. The lowest BCUT2D eigenvalue weighted by molar-refractivity contribution is 0.102. The standard InChI is InChI=1S/C21H24N4O4S/c1-29-19-8-7-17(30(27,28)25-11-4-2-3-5-12-25)14-18(19)23-21(26)16-6-9-20-22-10-13-24(20)15-16/h6-10,13-15H,2-5,11-12H2,1H3,(H,23,26). The predicted octanol–water partition coefficient (Wildman–Crippen LogP) is 3.16. The summed E-state index contributed by atoms with van der Waals surface area (Å²) >= 11 is 0. The molecule has 1 fully saturated rings. The van der Waals surface area contributed by atoms with Gasteiger partial charge in [0.2, 0.25) is 10.0 Å². The number of sulfonamides is 1. The van der Waals surface area contributed by atoms with E-state index in [0.717, 1.165) is 31.3 Å². The fraction of sp³-hybridized carbons (Fsp3) is 0.333. The minimum atomic E-state index is -3.64. The van der Waals surface area contributed by atoms with Gasteiger partial charge in [-0.05, 0) is 43.2 Å². The van der Waals surface area contributed by atoms with Gasteiger partial charge in [-0.25, -0.2) is 13.4 Å². The number of ether oxygens (including phenoxy) is 1. The van der Waals surface area contributed by atoms with Crippen molar-refractivity contribution in [1.29, 1.82) is 0 Å². The summed E-state index contributed by atoms with van der Waals surface area (Å²) in [7, 11) is -2.16. The van der Waals surface area contributed by atoms with Gasteiger partial charge in [-0.3, -0.25) is 4.79 Å². The van der Waals surface area contributed by atoms with Gasteiger partial charge in [0.1, 0.15) is 11.4 Å². The Morgan fingerprint density at radius 1 is 1.10 bits per heavy atom. The Labute approximate surface area is 175 Å². The molecule has 0 spiro atoms. The second-order valence-electron chi connectivity index (χ2n) is 7.24. The third kappa shape index (κ3) is 4.03. The van der Waals surface area contributed by atoms with Crippen LogP contribution in [-0.2, 0) is 10.0 Å². The number of benzene rings is 1. The molecule has 0 unspecified atom stereocenters. The smallest absolute Gasteiger partial charge is 0.257 e. The zero-order valence-corrected chi connectivity index (χ0v) is 17.6. The number of nitrogens with zero attached hydrogens (tertiary/aromatic N) is 3. The first-order valence-electron chi connectivity index (χ1n) is 9.91. The van der Waals surface area contributed by atoms with Crippen molar-refractivity contribution in [2.45, 2.75) is 30.6 Å². The Morgan fingerprint density at radius 3 is 2.60 bits per heavy atom. The highest BCUT2D eigenvalue weighted by molar-refractivity contribution is 7.89. The highest BCUT2D eigenvalue weighted by Gasteiger charge is 2.26. The van der Waals surface area contributed by atoms with Crippen molar-refractivity contribution in [2.75, 3.05) is 25.5 Å². The van der Waals surface area contributed by atoms with Gasteiger partial charge in [-0.1, -0.05) is 12.8 Å². The van der Waals surface area contributed by atoms with Crippen LogP contribution in [0, 0.1) is 0 Å². The monoisotopic (exact) mass is 428 g/mol. The van der Waals surface area contributed by atoms with Crippen LogP contribution in [0.2, 0.25) is 0 Å². The lowest BCUT2D eigenvalue weighted by atomic mass is 10.2. The van der Waals surface area contributed by atoms with Crippen LogP contribution in [-0.4, -0.2) is 48.2 Å². The molecular formula is C21H24N4O4S. The molecular weight excluding hydrogens is 404 g/mol. The minimum Gasteiger partial charge on any atom is -0.495 e. The molecule has 1 N–H and O–H groups in total. The van der Waals surface area contributed by atoms with Gasteiger partial charge >= 0.3 is 0 Å². The van der Waals surface area contributed by atoms with Crippen LogP contribution in [0.5, 0.6) is 5.75 Å². The van der Waals surface area contributed by atoms with E-state index < -0.39 is 10.0 Å². The van der Waals surface area contributed by atoms with E-state index >= 15 is 0 Å². The number of carbonyl (C=O) groups is 1. The Kier molecular flexibility index (Phi) is 5.74. The molecule has 1 amide bonds. The van der Waals surface area contributed by atoms with E-state index in [1.165, 1.54) is 23.5 Å². The molecule has 2 aromatic heterocycles. The number of fused-ring (bicyclic) bond motifs is 1. The zero-order valence-electron chi connectivity index (χ0n) is 16.7. The lowest BCUT2D eigenvalue weighted by Crippen LogP contribution is -2.32. The molecule has 4 rings (SSSR count). The Bertz CT molecular complexity index is 1160. The second kappa shape index (κ2) is 8.45. The average molecular weight is 429 g/mol. The van der Waals surface area contributed by atoms with Crippen molar-refractivity contribution >= 4 is 27.3 Å². The normalized spacial score (nSPS) is 15.6. The fourth-order valence-corrected chi connectivity index (χ4v) is 5.17. The molecule has 1 aliphatic rings. The van der Waals surface area contributed by atoms with Crippen molar-refractivity contribution < 1.29 is 17.9 Å². The van der Waals surface area contributed by atoms with Crippen LogP contribution in [0.1, 0.15) is 36.0 Å². The molecule has 1 aromatic carbocycles. The Balaban J connectivity index is 1.63. The quantitative estimate of drug-likeness (QED) is 0.674. The second-order valence-corrected chi connectivity index (χ2v) is 9.18. The SMILES string of the molecule is COc1ccc(S(=O)(=O)N2CCCCCC2)cc1NC(=O)c1ccc2nccn2c1. The molecule has 1 saturated heterocycles. The fourth-order valence-electron chi connectivity index (χ4n) is 3.63. The van der Waals surface area contributed by atoms with Crippen LogP contribution in [0.25, 0.3) is 5.65 Å². The number of hydrogen-bond donors (Lipinski definition) is 1. The van der Waals surface area contributed by atoms with Crippen molar-refractivity contribution in [2.24, 2.45) is 0 Å². The molecule has 8 nitrogen and oxygen atoms in total. The first-order valence-corrected chi connectivity index (χ1v) is 11.4. The number of imidazole rings is 1. The molecule has 1 aliphatic heterocycles. The predicted molar refractivity (Wildman–Crippen MR) is 113 cm³/mol. The summed E-state index contributed by atoms with van der Waals surface area (Å²) in [5, 5.41) is 2.78. The van der Waals surface area contributed by atoms with E-state index in [9.17, 15) is 13.2 Å². The maximum atomic E-state index is 13.1. The van der Waals surface area contributed by atoms with E-state index in [1.807, 2.05) is 0 Å². The van der Waals surface area contributed by atoms with Gasteiger partial charge in [0.25, 0.3) is 5.91 Å². The van der Waals surface area contributed by atoms with Crippen LogP contribution in [0.15, 0.2) is 53.8 Å². The molecule has 0 bridgehead atoms. The van der Waals surface area contributed by atoms with Crippen molar-refractivity contribution in [3.8, 4) is 5.75 Å². The van der Waals surface area contributed by atoms with Crippen LogP contribution in [0.4, 0.5) is 5.69 Å². The highest BCUT2D eigenvalue weighted by atomic mass is 32.2. The zero-order chi connectivity index (χ0) is 21.1. The number of hydrogen-bond acceptors (Lipinski definition) is 5. The maximum absolute atomic E-state index is 13.1. The van der Waals surface area contributed by atoms with Crippen molar-refractivity contribution in [3.63, 3.8) is 0 Å². The van der Waals surface area contributed by atoms with E-state index in [4.69, 9.17) is 4.74 Å². The van der Waals surface area contributed by atoms with Gasteiger partial charge in [0, 0.05) is 31.7 Å². The molecule has 30 heavy (non-hydrogen) atoms. The summed E-state index contributed by atoms with van der Waals surface area (Å²) < 4.78 is 34.9. The molecule has 3 aromatic rings. The number of anilines is 1. The first kappa shape index (κ1) is 20.4. The third-order valence-electron chi connectivity index (χ3n) is 5.27. The highest BCUT2D eigenvalue weighted by Crippen LogP contribution is 2.30. The van der Waals surface area contributed by atoms with Crippen molar-refractivity contribution in [3.05, 3.63) is 54.5 Å². The number of nitrogens with one attached hydrogen (secondary N) is 1. The number of amides is 1. The molecule has 9 heteroatoms. The molecule has 0 radical (unpaired) electrons. The summed E-state index contributed by atoms with van der Waals surface area (Å²) in [6, 6.07) is 7.96. The molecule has 0 saturated carbocycles. The van der Waals surface area contributed by atoms with Crippen molar-refractivity contribution in [1.82, 2.24) is 13.7 Å². The number of rotatable bonds is 5. The number of methoxy groups -OCH3 is 1. The lowest BCUT2D eigenvalue weighted by Gasteiger charge is -2.21. The summed E-state index contributed by atoms with van der Waals surface area (Å²) in [4.78, 5) is 17.1. The summed E-state index contributed by atoms with van der Waals surface area (Å²) in [6.45, 7) is 1.03. The van der Waals surface area contributed by atoms with Crippen LogP contribution < -0.4 is 10.1 Å². The van der Waals surface area contributed by atoms with E-state index in [-0.39, 0.29) is 10.8 Å². The average Bonchev–Trinajstić information content (AvgIpc) is 3.04. The molecule has 158 valence electrons. The summed E-state index contributed by atoms with van der Waals surface area (Å²) in [5.74, 6) is 0.0232. The van der Waals surface area contributed by atoms with E-state index in [1.54, 1.807) is 41.2 Å². The van der Waals surface area contributed by atoms with Gasteiger partial charge in [-0.15, -0.1) is 0 Å². The van der Waals surface area contributed by atoms with Crippen LogP contribution >= 0.6 is 0 Å². The summed E-state index contributed by atoms with van der Waals surface area (Å²) in [5.41, 5.74) is 1.46. The number of pyridine rings is 1. The number of carbonyl (C=O) groups excluding carboxylic acids is 1. The van der Waals surface area contributed by atoms with Crippen LogP contribution in [0.3, 0.4) is 0 Å². The Morgan fingerprint density at radius 2 is 1.87 bits per heavy atom. The van der Waals surface area contributed by atoms with E-state index in [0.29, 0.717) is 30.1 Å². The maximum Gasteiger partial charge on any atom is 0.257 e. The minimum absolute atomic E-state index is 0.144.